The predicted molar refractivity (Wildman–Crippen MR) is 51.5 cm³/mol. The molecule has 2 nitrogen and oxygen atoms in total. The van der Waals surface area contributed by atoms with Crippen LogP contribution in [0.2, 0.25) is 0 Å². The highest BCUT2D eigenvalue weighted by atomic mass is 15.0. The second kappa shape index (κ2) is 3.74. The number of hydrogen-bond donors (Lipinski definition) is 1. The summed E-state index contributed by atoms with van der Waals surface area (Å²) in [6.45, 7) is 1.03. The van der Waals surface area contributed by atoms with Crippen LogP contribution in [0.1, 0.15) is 32.1 Å². The van der Waals surface area contributed by atoms with Crippen LogP contribution < -0.4 is 5.32 Å². The summed E-state index contributed by atoms with van der Waals surface area (Å²) in [6, 6.07) is 0.659. The summed E-state index contributed by atoms with van der Waals surface area (Å²) in [6.07, 6.45) is 10.6. The summed E-state index contributed by atoms with van der Waals surface area (Å²) in [5.74, 6) is 1.25. The molecule has 0 radical (unpaired) electrons. The fraction of sp³-hybridized carbons (Fsp3) is 0.700. The van der Waals surface area contributed by atoms with Gasteiger partial charge in [0.05, 0.1) is 5.84 Å². The van der Waals surface area contributed by atoms with Crippen molar-refractivity contribution in [3.05, 3.63) is 12.2 Å². The molecule has 1 N–H and O–H groups in total. The lowest BCUT2D eigenvalue weighted by Gasteiger charge is -2.20. The number of nitrogens with one attached hydrogen (secondary N) is 1. The predicted octanol–water partition coefficient (Wildman–Crippen LogP) is 1.88. The molecule has 0 spiro atoms. The second-order valence-electron chi connectivity index (χ2n) is 3.56. The lowest BCUT2D eigenvalue weighted by Crippen LogP contribution is -2.34. The van der Waals surface area contributed by atoms with Gasteiger partial charge in [0, 0.05) is 19.0 Å². The van der Waals surface area contributed by atoms with Gasteiger partial charge >= 0.3 is 0 Å². The average molecular weight is 164 g/mol. The highest BCUT2D eigenvalue weighted by Crippen LogP contribution is 2.12. The molecule has 0 saturated carbocycles. The van der Waals surface area contributed by atoms with Gasteiger partial charge in [-0.25, -0.2) is 0 Å². The summed E-state index contributed by atoms with van der Waals surface area (Å²) < 4.78 is 0. The van der Waals surface area contributed by atoms with Gasteiger partial charge in [0.25, 0.3) is 0 Å². The van der Waals surface area contributed by atoms with Crippen molar-refractivity contribution in [1.82, 2.24) is 5.32 Å². The van der Waals surface area contributed by atoms with E-state index in [4.69, 9.17) is 0 Å². The van der Waals surface area contributed by atoms with Crippen molar-refractivity contribution < 1.29 is 0 Å². The summed E-state index contributed by atoms with van der Waals surface area (Å²) in [5, 5.41) is 3.52. The van der Waals surface area contributed by atoms with Crippen molar-refractivity contribution in [1.29, 1.82) is 0 Å². The molecule has 0 fully saturated rings. The van der Waals surface area contributed by atoms with Gasteiger partial charge < -0.3 is 5.32 Å². The Hall–Kier alpha value is -0.790. The Morgan fingerprint density at radius 1 is 1.42 bits per heavy atom. The molecule has 2 rings (SSSR count). The minimum absolute atomic E-state index is 0.659. The van der Waals surface area contributed by atoms with Crippen molar-refractivity contribution in [2.75, 3.05) is 6.54 Å². The molecule has 2 aliphatic rings. The van der Waals surface area contributed by atoms with E-state index in [-0.39, 0.29) is 0 Å². The van der Waals surface area contributed by atoms with Crippen molar-refractivity contribution in [2.45, 2.75) is 38.1 Å². The van der Waals surface area contributed by atoms with Crippen molar-refractivity contribution in [3.63, 3.8) is 0 Å². The lowest BCUT2D eigenvalue weighted by molar-refractivity contribution is 0.550. The quantitative estimate of drug-likeness (QED) is 0.588. The number of allylic oxidation sites excluding steroid dienone is 1. The van der Waals surface area contributed by atoms with E-state index in [1.165, 1.54) is 37.9 Å². The van der Waals surface area contributed by atoms with Crippen LogP contribution in [-0.4, -0.2) is 18.4 Å². The monoisotopic (exact) mass is 164 g/mol. The first kappa shape index (κ1) is 7.84. The third kappa shape index (κ3) is 1.87. The zero-order chi connectivity index (χ0) is 8.23. The van der Waals surface area contributed by atoms with Gasteiger partial charge in [-0.05, 0) is 25.7 Å². The van der Waals surface area contributed by atoms with Gasteiger partial charge in [-0.3, -0.25) is 4.99 Å². The molecule has 12 heavy (non-hydrogen) atoms. The van der Waals surface area contributed by atoms with E-state index < -0.39 is 0 Å². The van der Waals surface area contributed by atoms with E-state index in [9.17, 15) is 0 Å². The minimum atomic E-state index is 0.659. The molecule has 0 saturated heterocycles. The maximum atomic E-state index is 4.41. The fourth-order valence-corrected chi connectivity index (χ4v) is 1.82. The summed E-state index contributed by atoms with van der Waals surface area (Å²) >= 11 is 0. The van der Waals surface area contributed by atoms with Gasteiger partial charge in [0.2, 0.25) is 0 Å². The fourth-order valence-electron chi connectivity index (χ4n) is 1.82. The standard InChI is InChI=1S/C10H16N2/c1-2-5-9(6-3-1)12-10-7-4-8-11-10/h1-2,9H,3-8H2,(H,11,12). The Kier molecular flexibility index (Phi) is 2.45. The van der Waals surface area contributed by atoms with Crippen LogP contribution in [0.15, 0.2) is 17.1 Å². The molecule has 1 aliphatic heterocycles. The maximum absolute atomic E-state index is 4.41. The highest BCUT2D eigenvalue weighted by Gasteiger charge is 2.13. The van der Waals surface area contributed by atoms with Crippen LogP contribution in [0, 0.1) is 0 Å². The van der Waals surface area contributed by atoms with Crippen LogP contribution in [0.4, 0.5) is 0 Å². The maximum Gasteiger partial charge on any atom is 0.0965 e. The average Bonchev–Trinajstić information content (AvgIpc) is 2.59. The summed E-state index contributed by atoms with van der Waals surface area (Å²) in [4.78, 5) is 4.41. The number of rotatable bonds is 1. The Morgan fingerprint density at radius 2 is 2.42 bits per heavy atom. The molecular formula is C10H16N2. The van der Waals surface area contributed by atoms with Crippen LogP contribution >= 0.6 is 0 Å². The van der Waals surface area contributed by atoms with E-state index >= 15 is 0 Å². The van der Waals surface area contributed by atoms with Gasteiger partial charge in [0.1, 0.15) is 0 Å². The van der Waals surface area contributed by atoms with Gasteiger partial charge in [-0.1, -0.05) is 12.2 Å². The van der Waals surface area contributed by atoms with Crippen LogP contribution in [0.25, 0.3) is 0 Å². The third-order valence-electron chi connectivity index (χ3n) is 2.51. The molecule has 0 bridgehead atoms. The number of nitrogens with zero attached hydrogens (tertiary/aromatic N) is 1. The first-order chi connectivity index (χ1) is 5.95. The molecule has 0 aromatic carbocycles. The molecular weight excluding hydrogens is 148 g/mol. The second-order valence-corrected chi connectivity index (χ2v) is 3.56. The number of hydrogen-bond acceptors (Lipinski definition) is 2. The van der Waals surface area contributed by atoms with Crippen LogP contribution in [0.5, 0.6) is 0 Å². The largest absolute Gasteiger partial charge is 0.371 e. The first-order valence-corrected chi connectivity index (χ1v) is 4.90. The Bertz CT molecular complexity index is 206. The van der Waals surface area contributed by atoms with E-state index in [2.05, 4.69) is 22.5 Å². The van der Waals surface area contributed by atoms with E-state index in [0.29, 0.717) is 6.04 Å². The van der Waals surface area contributed by atoms with Gasteiger partial charge in [0.15, 0.2) is 0 Å². The molecule has 0 aromatic rings. The Balaban J connectivity index is 1.81. The Labute approximate surface area is 73.8 Å². The van der Waals surface area contributed by atoms with Crippen molar-refractivity contribution in [3.8, 4) is 0 Å². The molecule has 1 atom stereocenters. The van der Waals surface area contributed by atoms with Gasteiger partial charge in [-0.2, -0.15) is 0 Å². The van der Waals surface area contributed by atoms with Crippen molar-refractivity contribution >= 4 is 5.84 Å². The zero-order valence-electron chi connectivity index (χ0n) is 7.42. The van der Waals surface area contributed by atoms with Crippen LogP contribution in [-0.2, 0) is 0 Å². The molecule has 1 aliphatic carbocycles. The summed E-state index contributed by atoms with van der Waals surface area (Å²) in [7, 11) is 0. The topological polar surface area (TPSA) is 24.4 Å². The molecule has 2 heteroatoms. The Morgan fingerprint density at radius 3 is 3.08 bits per heavy atom. The molecule has 0 amide bonds. The zero-order valence-corrected chi connectivity index (χ0v) is 7.42. The van der Waals surface area contributed by atoms with E-state index in [1.54, 1.807) is 0 Å². The van der Waals surface area contributed by atoms with Gasteiger partial charge in [-0.15, -0.1) is 0 Å². The number of amidine groups is 1. The SMILES string of the molecule is C1=CCC(NC2=NCCC2)CC1. The highest BCUT2D eigenvalue weighted by molar-refractivity contribution is 5.83. The van der Waals surface area contributed by atoms with E-state index in [1.807, 2.05) is 0 Å². The minimum Gasteiger partial charge on any atom is -0.371 e. The number of aliphatic imine (C=N–C) groups is 1. The first-order valence-electron chi connectivity index (χ1n) is 4.90. The molecule has 66 valence electrons. The smallest absolute Gasteiger partial charge is 0.0965 e. The normalized spacial score (nSPS) is 28.7. The van der Waals surface area contributed by atoms with Crippen LogP contribution in [0.3, 0.4) is 0 Å². The molecule has 1 unspecified atom stereocenters. The van der Waals surface area contributed by atoms with E-state index in [0.717, 1.165) is 6.54 Å². The van der Waals surface area contributed by atoms with Crippen molar-refractivity contribution in [2.24, 2.45) is 4.99 Å². The lowest BCUT2D eigenvalue weighted by atomic mass is 10.0. The third-order valence-corrected chi connectivity index (χ3v) is 2.51. The summed E-state index contributed by atoms with van der Waals surface area (Å²) in [5.41, 5.74) is 0. The molecule has 1 heterocycles. The molecule has 0 aromatic heterocycles.